The van der Waals surface area contributed by atoms with Crippen LogP contribution in [0, 0.1) is 10.8 Å². The molecule has 4 aliphatic heterocycles. The molecule has 216 valence electrons. The predicted octanol–water partition coefficient (Wildman–Crippen LogP) is -1.84. The number of nitrogens with zero attached hydrogens (tertiary/aromatic N) is 3. The highest BCUT2D eigenvalue weighted by Gasteiger charge is 2.74. The van der Waals surface area contributed by atoms with Crippen molar-refractivity contribution in [3.8, 4) is 5.75 Å². The van der Waals surface area contributed by atoms with Crippen molar-refractivity contribution >= 4 is 23.7 Å². The number of carbonyl (C=O) groups excluding carboxylic acids is 2. The molecule has 41 heavy (non-hydrogen) atoms. The molecule has 5 heterocycles. The fourth-order valence-electron chi connectivity index (χ4n) is 6.25. The average Bonchev–Trinajstić information content (AvgIpc) is 3.41. The SMILES string of the molecule is CC1(C)CCOc2c(C(=O)N[C@H]3CN4C(=N)N[C@@H](CNC(=O)c5ccncn5)[C@@H]5NC(=N)N[C@@]54C3(O)O)cccc21. The molecule has 3 fully saturated rings. The Labute approximate surface area is 235 Å². The van der Waals surface area contributed by atoms with Crippen LogP contribution in [-0.2, 0) is 5.41 Å². The number of carbonyl (C=O) groups is 2. The quantitative estimate of drug-likeness (QED) is 0.184. The molecule has 0 unspecified atom stereocenters. The van der Waals surface area contributed by atoms with Crippen LogP contribution in [-0.4, -0.2) is 98.1 Å². The first-order chi connectivity index (χ1) is 19.5. The highest BCUT2D eigenvalue weighted by molar-refractivity contribution is 5.98. The number of amides is 2. The number of para-hydroxylation sites is 1. The maximum Gasteiger partial charge on any atom is 0.270 e. The van der Waals surface area contributed by atoms with Crippen LogP contribution in [0.5, 0.6) is 5.75 Å². The van der Waals surface area contributed by atoms with Gasteiger partial charge in [0.25, 0.3) is 11.8 Å². The summed E-state index contributed by atoms with van der Waals surface area (Å²) in [6, 6.07) is 3.86. The Balaban J connectivity index is 1.26. The molecular formula is C26H32N10O5. The molecule has 6 rings (SSSR count). The van der Waals surface area contributed by atoms with Crippen molar-refractivity contribution in [2.75, 3.05) is 19.7 Å². The number of aromatic nitrogens is 2. The number of fused-ring (bicyclic) bond motifs is 1. The molecule has 0 radical (unpaired) electrons. The Bertz CT molecular complexity index is 1430. The second-order valence-corrected chi connectivity index (χ2v) is 11.3. The van der Waals surface area contributed by atoms with Crippen LogP contribution in [0.15, 0.2) is 36.8 Å². The second-order valence-electron chi connectivity index (χ2n) is 11.3. The van der Waals surface area contributed by atoms with Crippen LogP contribution in [0.1, 0.15) is 46.7 Å². The van der Waals surface area contributed by atoms with Gasteiger partial charge in [-0.1, -0.05) is 26.0 Å². The topological polar surface area (TPSA) is 221 Å². The number of aliphatic hydroxyl groups is 2. The van der Waals surface area contributed by atoms with Gasteiger partial charge in [0.05, 0.1) is 24.3 Å². The third kappa shape index (κ3) is 4.02. The van der Waals surface area contributed by atoms with Gasteiger partial charge in [0, 0.05) is 24.8 Å². The number of nitrogens with one attached hydrogen (secondary N) is 7. The summed E-state index contributed by atoms with van der Waals surface area (Å²) in [5.41, 5.74) is -0.686. The number of rotatable bonds is 5. The van der Waals surface area contributed by atoms with Gasteiger partial charge in [-0.2, -0.15) is 0 Å². The molecule has 4 atom stereocenters. The standard InChI is InChI=1S/C26H32N10O5/c1-24(2)7-9-41-18-13(4-3-5-14(18)24)20(37)33-17-11-36-23(28)32-16(10-30-21(38)15-6-8-29-12-31-15)19-25(36,26(17,39)40)35-22(27)34-19/h3-6,8,12,16-17,19,39-40H,7,9-11H2,1-2H3,(H2,28,32)(H,30,38)(H,33,37)(H3,27,34,35)/t16-,17-,19-,25-/m0/s1. The lowest BCUT2D eigenvalue weighted by Crippen LogP contribution is -2.81. The molecule has 2 amide bonds. The normalized spacial score (nSPS) is 28.6. The van der Waals surface area contributed by atoms with E-state index in [4.69, 9.17) is 15.6 Å². The molecule has 1 aromatic heterocycles. The van der Waals surface area contributed by atoms with E-state index < -0.39 is 41.4 Å². The first-order valence-electron chi connectivity index (χ1n) is 13.3. The van der Waals surface area contributed by atoms with Crippen molar-refractivity contribution in [3.05, 3.63) is 53.6 Å². The van der Waals surface area contributed by atoms with Crippen molar-refractivity contribution < 1.29 is 24.5 Å². The zero-order valence-corrected chi connectivity index (χ0v) is 22.5. The van der Waals surface area contributed by atoms with E-state index in [1.165, 1.54) is 23.5 Å². The predicted molar refractivity (Wildman–Crippen MR) is 144 cm³/mol. The summed E-state index contributed by atoms with van der Waals surface area (Å²) in [6.07, 6.45) is 3.48. The number of hydrogen-bond acceptors (Lipinski definition) is 9. The fourth-order valence-corrected chi connectivity index (χ4v) is 6.25. The van der Waals surface area contributed by atoms with Gasteiger partial charge < -0.3 is 46.4 Å². The lowest BCUT2D eigenvalue weighted by atomic mass is 9.79. The highest BCUT2D eigenvalue weighted by atomic mass is 16.5. The zero-order valence-electron chi connectivity index (χ0n) is 22.5. The largest absolute Gasteiger partial charge is 0.492 e. The van der Waals surface area contributed by atoms with Crippen molar-refractivity contribution in [3.63, 3.8) is 0 Å². The van der Waals surface area contributed by atoms with Gasteiger partial charge in [0.15, 0.2) is 17.6 Å². The molecule has 9 N–H and O–H groups in total. The first kappa shape index (κ1) is 26.7. The second kappa shape index (κ2) is 9.27. The van der Waals surface area contributed by atoms with E-state index in [2.05, 4.69) is 50.4 Å². The van der Waals surface area contributed by atoms with Gasteiger partial charge in [0.1, 0.15) is 23.8 Å². The number of benzene rings is 1. The van der Waals surface area contributed by atoms with E-state index in [0.29, 0.717) is 12.4 Å². The van der Waals surface area contributed by atoms with Crippen molar-refractivity contribution in [1.82, 2.24) is 41.5 Å². The number of guanidine groups is 2. The summed E-state index contributed by atoms with van der Waals surface area (Å²) in [4.78, 5) is 35.2. The monoisotopic (exact) mass is 564 g/mol. The van der Waals surface area contributed by atoms with E-state index in [-0.39, 0.29) is 41.7 Å². The van der Waals surface area contributed by atoms with Gasteiger partial charge in [-0.05, 0) is 24.0 Å². The van der Waals surface area contributed by atoms with E-state index >= 15 is 0 Å². The van der Waals surface area contributed by atoms with E-state index in [9.17, 15) is 19.8 Å². The first-order valence-corrected chi connectivity index (χ1v) is 13.3. The summed E-state index contributed by atoms with van der Waals surface area (Å²) in [5.74, 6) is -3.59. The van der Waals surface area contributed by atoms with Gasteiger partial charge in [-0.25, -0.2) is 9.97 Å². The van der Waals surface area contributed by atoms with Crippen LogP contribution < -0.4 is 31.3 Å². The minimum Gasteiger partial charge on any atom is -0.492 e. The lowest BCUT2D eigenvalue weighted by Gasteiger charge is -2.51. The van der Waals surface area contributed by atoms with Crippen LogP contribution in [0.3, 0.4) is 0 Å². The summed E-state index contributed by atoms with van der Waals surface area (Å²) < 4.78 is 5.88. The molecule has 0 aliphatic carbocycles. The highest BCUT2D eigenvalue weighted by Crippen LogP contribution is 2.44. The maximum atomic E-state index is 13.6. The average molecular weight is 565 g/mol. The lowest BCUT2D eigenvalue weighted by molar-refractivity contribution is -0.232. The third-order valence-corrected chi connectivity index (χ3v) is 8.46. The van der Waals surface area contributed by atoms with Gasteiger partial charge >= 0.3 is 0 Å². The van der Waals surface area contributed by atoms with Crippen LogP contribution in [0.2, 0.25) is 0 Å². The van der Waals surface area contributed by atoms with Crippen LogP contribution in [0.4, 0.5) is 0 Å². The molecule has 4 aliphatic rings. The van der Waals surface area contributed by atoms with E-state index in [1.807, 2.05) is 6.07 Å². The molecule has 0 bridgehead atoms. The molecule has 15 nitrogen and oxygen atoms in total. The van der Waals surface area contributed by atoms with Crippen LogP contribution in [0.25, 0.3) is 0 Å². The molecular weight excluding hydrogens is 532 g/mol. The summed E-state index contributed by atoms with van der Waals surface area (Å²) in [5, 5.41) is 54.5. The molecule has 3 saturated heterocycles. The summed E-state index contributed by atoms with van der Waals surface area (Å²) in [7, 11) is 0. The van der Waals surface area contributed by atoms with E-state index in [1.54, 1.807) is 12.1 Å². The molecule has 0 saturated carbocycles. The van der Waals surface area contributed by atoms with Crippen molar-refractivity contribution in [2.24, 2.45) is 0 Å². The smallest absolute Gasteiger partial charge is 0.270 e. The molecule has 15 heteroatoms. The number of ether oxygens (including phenoxy) is 1. The molecule has 1 aromatic carbocycles. The Morgan fingerprint density at radius 3 is 2.76 bits per heavy atom. The maximum absolute atomic E-state index is 13.6. The Morgan fingerprint density at radius 2 is 2.00 bits per heavy atom. The zero-order chi connectivity index (χ0) is 29.2. The molecule has 1 spiro atoms. The summed E-state index contributed by atoms with van der Waals surface area (Å²) in [6.45, 7) is 4.42. The minimum atomic E-state index is -2.65. The van der Waals surface area contributed by atoms with Crippen molar-refractivity contribution in [2.45, 2.75) is 55.3 Å². The number of hydrogen-bond donors (Lipinski definition) is 9. The third-order valence-electron chi connectivity index (χ3n) is 8.46. The molecule has 2 aromatic rings. The summed E-state index contributed by atoms with van der Waals surface area (Å²) >= 11 is 0. The van der Waals surface area contributed by atoms with Crippen molar-refractivity contribution in [1.29, 1.82) is 10.8 Å². The fraction of sp³-hybridized carbons (Fsp3) is 0.462. The minimum absolute atomic E-state index is 0.0379. The Hall–Kier alpha value is -4.50. The Morgan fingerprint density at radius 1 is 1.20 bits per heavy atom. The van der Waals surface area contributed by atoms with Gasteiger partial charge in [0.2, 0.25) is 5.79 Å². The van der Waals surface area contributed by atoms with Gasteiger partial charge in [-0.15, -0.1) is 0 Å². The van der Waals surface area contributed by atoms with Crippen LogP contribution >= 0.6 is 0 Å². The van der Waals surface area contributed by atoms with Gasteiger partial charge in [-0.3, -0.25) is 20.4 Å². The van der Waals surface area contributed by atoms with E-state index in [0.717, 1.165) is 12.0 Å². The Kier molecular flexibility index (Phi) is 6.04.